The lowest BCUT2D eigenvalue weighted by atomic mass is 9.97. The third-order valence-corrected chi connectivity index (χ3v) is 2.94. The van der Waals surface area contributed by atoms with Gasteiger partial charge in [-0.15, -0.1) is 0 Å². The van der Waals surface area contributed by atoms with Gasteiger partial charge in [0.05, 0.1) is 0 Å². The highest BCUT2D eigenvalue weighted by Crippen LogP contribution is 2.19. The topological polar surface area (TPSA) is 17.1 Å². The monoisotopic (exact) mass is 216 g/mol. The molecule has 0 fully saturated rings. The molecule has 1 rings (SSSR count). The number of hydrogen-bond acceptors (Lipinski definition) is 1. The molecule has 0 unspecified atom stereocenters. The average molecular weight is 216 g/mol. The molecule has 0 bridgehead atoms. The summed E-state index contributed by atoms with van der Waals surface area (Å²) in [5, 5.41) is 0. The summed E-state index contributed by atoms with van der Waals surface area (Å²) in [4.78, 5) is 11.9. The maximum absolute atomic E-state index is 11.9. The molecule has 0 atom stereocenters. The minimum Gasteiger partial charge on any atom is -0.295 e. The number of Topliss-reactive ketones (excluding diaryl/α,β-unsaturated/α-hetero) is 1. The number of unbranched alkanes of at least 4 members (excludes halogenated alkanes) is 1. The van der Waals surface area contributed by atoms with E-state index in [9.17, 15) is 4.79 Å². The third-order valence-electron chi connectivity index (χ3n) is 2.94. The first-order chi connectivity index (χ1) is 7.66. The van der Waals surface area contributed by atoms with Crippen molar-refractivity contribution in [2.24, 2.45) is 0 Å². The highest BCUT2D eigenvalue weighted by atomic mass is 16.1. The van der Waals surface area contributed by atoms with E-state index in [-0.39, 0.29) is 5.78 Å². The molecule has 0 saturated heterocycles. The van der Waals surface area contributed by atoms with Gasteiger partial charge in [-0.05, 0) is 37.0 Å². The lowest BCUT2D eigenvalue weighted by molar-refractivity contribution is -0.115. The summed E-state index contributed by atoms with van der Waals surface area (Å²) in [5.41, 5.74) is 3.14. The Morgan fingerprint density at radius 1 is 1.12 bits per heavy atom. The molecule has 0 radical (unpaired) electrons. The van der Waals surface area contributed by atoms with Gasteiger partial charge in [0, 0.05) is 6.42 Å². The fraction of sp³-hybridized carbons (Fsp3) is 0.400. The van der Waals surface area contributed by atoms with Gasteiger partial charge in [-0.1, -0.05) is 43.7 Å². The standard InChI is InChI=1S/C15H20O/c1-4-5-11-15(16)13(3)12(2)14-9-7-6-8-10-14/h6-10H,4-5,11H2,1-3H3/b13-12+. The van der Waals surface area contributed by atoms with E-state index in [1.807, 2.05) is 44.2 Å². The smallest absolute Gasteiger partial charge is 0.158 e. The number of ketones is 1. The number of hydrogen-bond donors (Lipinski definition) is 0. The average Bonchev–Trinajstić information content (AvgIpc) is 2.35. The Morgan fingerprint density at radius 2 is 1.75 bits per heavy atom. The van der Waals surface area contributed by atoms with Crippen LogP contribution in [0.25, 0.3) is 5.57 Å². The van der Waals surface area contributed by atoms with Crippen molar-refractivity contribution in [3.63, 3.8) is 0 Å². The number of benzene rings is 1. The van der Waals surface area contributed by atoms with Gasteiger partial charge in [-0.2, -0.15) is 0 Å². The van der Waals surface area contributed by atoms with Crippen LogP contribution in [-0.2, 0) is 4.79 Å². The highest BCUT2D eigenvalue weighted by molar-refractivity contribution is 6.01. The minimum absolute atomic E-state index is 0.281. The van der Waals surface area contributed by atoms with E-state index in [1.165, 1.54) is 0 Å². The van der Waals surface area contributed by atoms with Crippen LogP contribution in [0, 0.1) is 0 Å². The van der Waals surface area contributed by atoms with E-state index in [2.05, 4.69) is 6.92 Å². The molecule has 1 nitrogen and oxygen atoms in total. The zero-order chi connectivity index (χ0) is 12.0. The maximum atomic E-state index is 11.9. The molecular weight excluding hydrogens is 196 g/mol. The molecule has 0 aromatic heterocycles. The summed E-state index contributed by atoms with van der Waals surface area (Å²) in [6, 6.07) is 10.1. The Morgan fingerprint density at radius 3 is 2.31 bits per heavy atom. The van der Waals surface area contributed by atoms with E-state index >= 15 is 0 Å². The first-order valence-corrected chi connectivity index (χ1v) is 5.93. The van der Waals surface area contributed by atoms with Gasteiger partial charge < -0.3 is 0 Å². The molecule has 0 heterocycles. The van der Waals surface area contributed by atoms with E-state index in [1.54, 1.807) is 0 Å². The molecule has 0 N–H and O–H groups in total. The summed E-state index contributed by atoms with van der Waals surface area (Å²) in [7, 11) is 0. The molecule has 0 spiro atoms. The normalized spacial score (nSPS) is 12.2. The van der Waals surface area contributed by atoms with Gasteiger partial charge in [0.1, 0.15) is 0 Å². The summed E-state index contributed by atoms with van der Waals surface area (Å²) >= 11 is 0. The van der Waals surface area contributed by atoms with Crippen molar-refractivity contribution in [2.75, 3.05) is 0 Å². The van der Waals surface area contributed by atoms with Crippen molar-refractivity contribution in [3.05, 3.63) is 41.5 Å². The van der Waals surface area contributed by atoms with Crippen LogP contribution in [0.5, 0.6) is 0 Å². The van der Waals surface area contributed by atoms with E-state index in [0.717, 1.165) is 29.6 Å². The third kappa shape index (κ3) is 3.34. The summed E-state index contributed by atoms with van der Waals surface area (Å²) < 4.78 is 0. The molecule has 0 aliphatic heterocycles. The molecule has 16 heavy (non-hydrogen) atoms. The molecule has 0 saturated carbocycles. The Kier molecular flexibility index (Phi) is 4.97. The zero-order valence-corrected chi connectivity index (χ0v) is 10.4. The number of carbonyl (C=O) groups excluding carboxylic acids is 1. The predicted octanol–water partition coefficient (Wildman–Crippen LogP) is 4.24. The molecule has 1 heteroatoms. The van der Waals surface area contributed by atoms with Crippen molar-refractivity contribution in [1.82, 2.24) is 0 Å². The summed E-state index contributed by atoms with van der Waals surface area (Å²) in [5.74, 6) is 0.281. The number of allylic oxidation sites excluding steroid dienone is 2. The lowest BCUT2D eigenvalue weighted by Crippen LogP contribution is -2.01. The van der Waals surface area contributed by atoms with Gasteiger partial charge in [-0.25, -0.2) is 0 Å². The van der Waals surface area contributed by atoms with Crippen LogP contribution in [0.4, 0.5) is 0 Å². The van der Waals surface area contributed by atoms with Crippen molar-refractivity contribution in [3.8, 4) is 0 Å². The lowest BCUT2D eigenvalue weighted by Gasteiger charge is -2.07. The maximum Gasteiger partial charge on any atom is 0.158 e. The summed E-state index contributed by atoms with van der Waals surface area (Å²) in [6.45, 7) is 6.06. The van der Waals surface area contributed by atoms with E-state index in [0.29, 0.717) is 6.42 Å². The molecule has 1 aromatic rings. The molecule has 0 amide bonds. The van der Waals surface area contributed by atoms with Gasteiger partial charge in [0.15, 0.2) is 5.78 Å². The predicted molar refractivity (Wildman–Crippen MR) is 69.2 cm³/mol. The van der Waals surface area contributed by atoms with Crippen molar-refractivity contribution in [1.29, 1.82) is 0 Å². The Hall–Kier alpha value is -1.37. The zero-order valence-electron chi connectivity index (χ0n) is 10.4. The van der Waals surface area contributed by atoms with Crippen LogP contribution < -0.4 is 0 Å². The fourth-order valence-corrected chi connectivity index (χ4v) is 1.64. The van der Waals surface area contributed by atoms with Gasteiger partial charge in [-0.3, -0.25) is 4.79 Å². The fourth-order valence-electron chi connectivity index (χ4n) is 1.64. The minimum atomic E-state index is 0.281. The van der Waals surface area contributed by atoms with Crippen LogP contribution in [0.15, 0.2) is 35.9 Å². The van der Waals surface area contributed by atoms with Crippen LogP contribution >= 0.6 is 0 Å². The number of rotatable bonds is 5. The van der Waals surface area contributed by atoms with E-state index < -0.39 is 0 Å². The Labute approximate surface area is 98.2 Å². The van der Waals surface area contributed by atoms with Gasteiger partial charge in [0.25, 0.3) is 0 Å². The quantitative estimate of drug-likeness (QED) is 0.673. The Bertz CT molecular complexity index is 374. The molecule has 0 aliphatic carbocycles. The van der Waals surface area contributed by atoms with Crippen LogP contribution in [-0.4, -0.2) is 5.78 Å². The van der Waals surface area contributed by atoms with Crippen LogP contribution in [0.3, 0.4) is 0 Å². The second-order valence-corrected chi connectivity index (χ2v) is 4.14. The van der Waals surface area contributed by atoms with Crippen LogP contribution in [0.1, 0.15) is 45.6 Å². The first kappa shape index (κ1) is 12.7. The van der Waals surface area contributed by atoms with Crippen molar-refractivity contribution >= 4 is 11.4 Å². The number of carbonyl (C=O) groups is 1. The Balaban J connectivity index is 2.84. The molecule has 0 aliphatic rings. The van der Waals surface area contributed by atoms with Crippen molar-refractivity contribution < 1.29 is 4.79 Å². The second kappa shape index (κ2) is 6.26. The SMILES string of the molecule is CCCCC(=O)/C(C)=C(\C)c1ccccc1. The highest BCUT2D eigenvalue weighted by Gasteiger charge is 2.08. The van der Waals surface area contributed by atoms with Crippen LogP contribution in [0.2, 0.25) is 0 Å². The van der Waals surface area contributed by atoms with E-state index in [4.69, 9.17) is 0 Å². The van der Waals surface area contributed by atoms with Gasteiger partial charge >= 0.3 is 0 Å². The summed E-state index contributed by atoms with van der Waals surface area (Å²) in [6.07, 6.45) is 2.73. The molecular formula is C15H20O. The largest absolute Gasteiger partial charge is 0.295 e. The van der Waals surface area contributed by atoms with Crippen molar-refractivity contribution in [2.45, 2.75) is 40.0 Å². The first-order valence-electron chi connectivity index (χ1n) is 5.93. The molecule has 1 aromatic carbocycles. The molecule has 86 valence electrons. The second-order valence-electron chi connectivity index (χ2n) is 4.14. The van der Waals surface area contributed by atoms with Gasteiger partial charge in [0.2, 0.25) is 0 Å².